The highest BCUT2D eigenvalue weighted by Crippen LogP contribution is 2.24. The molecule has 4 nitrogen and oxygen atoms in total. The van der Waals surface area contributed by atoms with Crippen LogP contribution in [0.1, 0.15) is 21.6 Å². The van der Waals surface area contributed by atoms with Crippen molar-refractivity contribution in [1.82, 2.24) is 5.16 Å². The number of rotatable bonds is 3. The zero-order valence-electron chi connectivity index (χ0n) is 12.8. The van der Waals surface area contributed by atoms with Crippen molar-refractivity contribution >= 4 is 23.2 Å². The topological polar surface area (TPSA) is 55.1 Å². The van der Waals surface area contributed by atoms with Gasteiger partial charge in [0.1, 0.15) is 0 Å². The van der Waals surface area contributed by atoms with Crippen LogP contribution in [0.5, 0.6) is 0 Å². The molecule has 0 aliphatic carbocycles. The van der Waals surface area contributed by atoms with Crippen LogP contribution < -0.4 is 5.32 Å². The standard InChI is InChI=1S/C18H15ClN2O2/c1-11-5-3-4-6-14(11)17-10-16(21-23-17)18(22)20-13-8-7-12(2)15(19)9-13/h3-10H,1-2H3,(H,20,22). The summed E-state index contributed by atoms with van der Waals surface area (Å²) >= 11 is 6.06. The van der Waals surface area contributed by atoms with Crippen LogP contribution in [-0.4, -0.2) is 11.1 Å². The van der Waals surface area contributed by atoms with E-state index in [2.05, 4.69) is 10.5 Å². The molecule has 0 radical (unpaired) electrons. The molecule has 0 bridgehead atoms. The van der Waals surface area contributed by atoms with Crippen molar-refractivity contribution in [2.45, 2.75) is 13.8 Å². The van der Waals surface area contributed by atoms with Crippen molar-refractivity contribution in [3.8, 4) is 11.3 Å². The molecule has 0 fully saturated rings. The Kier molecular flexibility index (Phi) is 4.17. The van der Waals surface area contributed by atoms with Crippen LogP contribution in [0.4, 0.5) is 5.69 Å². The van der Waals surface area contributed by atoms with Gasteiger partial charge in [-0.15, -0.1) is 0 Å². The maximum Gasteiger partial charge on any atom is 0.277 e. The fourth-order valence-corrected chi connectivity index (χ4v) is 2.40. The van der Waals surface area contributed by atoms with E-state index in [0.29, 0.717) is 16.5 Å². The largest absolute Gasteiger partial charge is 0.355 e. The maximum absolute atomic E-state index is 12.3. The molecule has 2 aromatic carbocycles. The first kappa shape index (κ1) is 15.3. The van der Waals surface area contributed by atoms with E-state index in [0.717, 1.165) is 16.7 Å². The van der Waals surface area contributed by atoms with Crippen LogP contribution in [0.2, 0.25) is 5.02 Å². The number of nitrogens with one attached hydrogen (secondary N) is 1. The second-order valence-corrected chi connectivity index (χ2v) is 5.72. The third-order valence-electron chi connectivity index (χ3n) is 3.58. The van der Waals surface area contributed by atoms with Crippen LogP contribution in [0.25, 0.3) is 11.3 Å². The summed E-state index contributed by atoms with van der Waals surface area (Å²) in [6.07, 6.45) is 0. The normalized spacial score (nSPS) is 10.6. The monoisotopic (exact) mass is 326 g/mol. The summed E-state index contributed by atoms with van der Waals surface area (Å²) in [4.78, 5) is 12.3. The first-order valence-electron chi connectivity index (χ1n) is 7.15. The van der Waals surface area contributed by atoms with Crippen molar-refractivity contribution < 1.29 is 9.32 Å². The summed E-state index contributed by atoms with van der Waals surface area (Å²) in [6, 6.07) is 14.7. The zero-order valence-corrected chi connectivity index (χ0v) is 13.5. The van der Waals surface area contributed by atoms with E-state index in [-0.39, 0.29) is 11.6 Å². The number of hydrogen-bond acceptors (Lipinski definition) is 3. The minimum absolute atomic E-state index is 0.222. The third kappa shape index (κ3) is 3.27. The molecule has 3 rings (SSSR count). The highest BCUT2D eigenvalue weighted by Gasteiger charge is 2.15. The van der Waals surface area contributed by atoms with Gasteiger partial charge in [0, 0.05) is 22.3 Å². The number of benzene rings is 2. The van der Waals surface area contributed by atoms with E-state index in [9.17, 15) is 4.79 Å². The van der Waals surface area contributed by atoms with Crippen molar-refractivity contribution in [1.29, 1.82) is 0 Å². The first-order chi connectivity index (χ1) is 11.0. The molecule has 0 saturated carbocycles. The lowest BCUT2D eigenvalue weighted by Gasteiger charge is -2.04. The van der Waals surface area contributed by atoms with Gasteiger partial charge in [-0.3, -0.25) is 4.79 Å². The minimum Gasteiger partial charge on any atom is -0.355 e. The summed E-state index contributed by atoms with van der Waals surface area (Å²) < 4.78 is 5.30. The molecular weight excluding hydrogens is 312 g/mol. The molecule has 0 aliphatic rings. The van der Waals surface area contributed by atoms with Crippen molar-refractivity contribution in [3.05, 3.63) is 70.4 Å². The predicted octanol–water partition coefficient (Wildman–Crippen LogP) is 4.86. The van der Waals surface area contributed by atoms with Gasteiger partial charge in [-0.05, 0) is 37.1 Å². The molecule has 0 saturated heterocycles. The zero-order chi connectivity index (χ0) is 16.4. The average molecular weight is 327 g/mol. The second kappa shape index (κ2) is 6.26. The smallest absolute Gasteiger partial charge is 0.277 e. The highest BCUT2D eigenvalue weighted by atomic mass is 35.5. The predicted molar refractivity (Wildman–Crippen MR) is 90.8 cm³/mol. The van der Waals surface area contributed by atoms with Crippen LogP contribution in [0, 0.1) is 13.8 Å². The Labute approximate surface area is 139 Å². The minimum atomic E-state index is -0.339. The highest BCUT2D eigenvalue weighted by molar-refractivity contribution is 6.31. The molecule has 3 aromatic rings. The van der Waals surface area contributed by atoms with E-state index in [1.165, 1.54) is 0 Å². The van der Waals surface area contributed by atoms with Gasteiger partial charge in [-0.25, -0.2) is 0 Å². The number of nitrogens with zero attached hydrogens (tertiary/aromatic N) is 1. The summed E-state index contributed by atoms with van der Waals surface area (Å²) in [5, 5.41) is 7.21. The van der Waals surface area contributed by atoms with E-state index < -0.39 is 0 Å². The SMILES string of the molecule is Cc1ccc(NC(=O)c2cc(-c3ccccc3C)on2)cc1Cl. The molecule has 5 heteroatoms. The lowest BCUT2D eigenvalue weighted by Crippen LogP contribution is -2.12. The first-order valence-corrected chi connectivity index (χ1v) is 7.52. The lowest BCUT2D eigenvalue weighted by atomic mass is 10.1. The fourth-order valence-electron chi connectivity index (χ4n) is 2.22. The van der Waals surface area contributed by atoms with Crippen molar-refractivity contribution in [2.24, 2.45) is 0 Å². The van der Waals surface area contributed by atoms with Gasteiger partial charge >= 0.3 is 0 Å². The number of carbonyl (C=O) groups excluding carboxylic acids is 1. The Hall–Kier alpha value is -2.59. The number of aryl methyl sites for hydroxylation is 2. The van der Waals surface area contributed by atoms with Gasteiger partial charge in [0.15, 0.2) is 11.5 Å². The van der Waals surface area contributed by atoms with Gasteiger partial charge < -0.3 is 9.84 Å². The average Bonchev–Trinajstić information content (AvgIpc) is 3.01. The van der Waals surface area contributed by atoms with E-state index in [4.69, 9.17) is 16.1 Å². The van der Waals surface area contributed by atoms with Gasteiger partial charge in [-0.1, -0.05) is 47.1 Å². The van der Waals surface area contributed by atoms with Crippen LogP contribution in [0.15, 0.2) is 53.1 Å². The van der Waals surface area contributed by atoms with E-state index in [1.54, 1.807) is 18.2 Å². The molecule has 0 spiro atoms. The molecule has 1 amide bonds. The summed E-state index contributed by atoms with van der Waals surface area (Å²) in [5.41, 5.74) is 3.76. The quantitative estimate of drug-likeness (QED) is 0.747. The Morgan fingerprint density at radius 1 is 1.09 bits per heavy atom. The van der Waals surface area contributed by atoms with E-state index >= 15 is 0 Å². The summed E-state index contributed by atoms with van der Waals surface area (Å²) in [5.74, 6) is 0.226. The molecule has 116 valence electrons. The van der Waals surface area contributed by atoms with E-state index in [1.807, 2.05) is 44.2 Å². The molecule has 1 N–H and O–H groups in total. The van der Waals surface area contributed by atoms with Crippen molar-refractivity contribution in [3.63, 3.8) is 0 Å². The van der Waals surface area contributed by atoms with Crippen LogP contribution in [0.3, 0.4) is 0 Å². The van der Waals surface area contributed by atoms with Crippen LogP contribution in [-0.2, 0) is 0 Å². The lowest BCUT2D eigenvalue weighted by molar-refractivity contribution is 0.101. The molecule has 0 unspecified atom stereocenters. The molecule has 23 heavy (non-hydrogen) atoms. The fraction of sp³-hybridized carbons (Fsp3) is 0.111. The number of aromatic nitrogens is 1. The third-order valence-corrected chi connectivity index (χ3v) is 3.99. The van der Waals surface area contributed by atoms with Gasteiger partial charge in [0.05, 0.1) is 0 Å². The van der Waals surface area contributed by atoms with Gasteiger partial charge in [-0.2, -0.15) is 0 Å². The number of halogens is 1. The Morgan fingerprint density at radius 3 is 2.61 bits per heavy atom. The molecule has 0 atom stereocenters. The summed E-state index contributed by atoms with van der Waals surface area (Å²) in [6.45, 7) is 3.88. The maximum atomic E-state index is 12.3. The number of hydrogen-bond donors (Lipinski definition) is 1. The molecule has 1 aromatic heterocycles. The number of amides is 1. The second-order valence-electron chi connectivity index (χ2n) is 5.31. The Bertz CT molecular complexity index is 871. The van der Waals surface area contributed by atoms with Gasteiger partial charge in [0.25, 0.3) is 5.91 Å². The number of anilines is 1. The van der Waals surface area contributed by atoms with Crippen LogP contribution >= 0.6 is 11.6 Å². The Morgan fingerprint density at radius 2 is 1.87 bits per heavy atom. The number of carbonyl (C=O) groups is 1. The van der Waals surface area contributed by atoms with Crippen molar-refractivity contribution in [2.75, 3.05) is 5.32 Å². The molecule has 1 heterocycles. The molecule has 0 aliphatic heterocycles. The Balaban J connectivity index is 1.81. The molecular formula is C18H15ClN2O2. The van der Waals surface area contributed by atoms with Gasteiger partial charge in [0.2, 0.25) is 0 Å². The summed E-state index contributed by atoms with van der Waals surface area (Å²) in [7, 11) is 0.